The van der Waals surface area contributed by atoms with E-state index in [0.717, 1.165) is 44.3 Å². The zero-order valence-electron chi connectivity index (χ0n) is 14.0. The molecule has 1 aliphatic heterocycles. The maximum atomic E-state index is 12.4. The number of hydrogen-bond acceptors (Lipinski definition) is 2. The molecule has 0 aromatic heterocycles. The summed E-state index contributed by atoms with van der Waals surface area (Å²) in [5.41, 5.74) is 1.46. The number of rotatable bonds is 4. The third-order valence-electron chi connectivity index (χ3n) is 5.23. The van der Waals surface area contributed by atoms with Crippen LogP contribution in [0.1, 0.15) is 54.4 Å². The molecular weight excluding hydrogens is 304 g/mol. The zero-order chi connectivity index (χ0) is 16.9. The molecule has 3 rings (SSSR count). The summed E-state index contributed by atoms with van der Waals surface area (Å²) in [6, 6.07) is 7.52. The van der Waals surface area contributed by atoms with E-state index in [0.29, 0.717) is 17.5 Å². The number of carboxylic acids is 1. The molecule has 130 valence electrons. The van der Waals surface area contributed by atoms with E-state index in [-0.39, 0.29) is 6.03 Å². The fraction of sp³-hybridized carbons (Fsp3) is 0.579. The van der Waals surface area contributed by atoms with E-state index in [1.807, 2.05) is 17.0 Å². The smallest absolute Gasteiger partial charge is 0.335 e. The Balaban J connectivity index is 1.47. The molecule has 24 heavy (non-hydrogen) atoms. The standard InChI is InChI=1S/C19H26N2O3/c22-18(23)16-8-6-14(7-9-16)12-15-10-11-21(13-15)19(24)20-17-4-2-1-3-5-17/h6-9,15,17H,1-5,10-13H2,(H,20,24)(H,22,23). The first-order valence-electron chi connectivity index (χ1n) is 8.99. The van der Waals surface area contributed by atoms with Crippen molar-refractivity contribution in [1.29, 1.82) is 0 Å². The maximum Gasteiger partial charge on any atom is 0.335 e. The van der Waals surface area contributed by atoms with Gasteiger partial charge in [0.05, 0.1) is 5.56 Å². The molecule has 1 saturated heterocycles. The molecule has 1 unspecified atom stereocenters. The first-order chi connectivity index (χ1) is 11.6. The van der Waals surface area contributed by atoms with Crippen molar-refractivity contribution < 1.29 is 14.7 Å². The zero-order valence-corrected chi connectivity index (χ0v) is 14.0. The quantitative estimate of drug-likeness (QED) is 0.890. The summed E-state index contributed by atoms with van der Waals surface area (Å²) in [4.78, 5) is 25.2. The van der Waals surface area contributed by atoms with Crippen LogP contribution in [0.4, 0.5) is 4.79 Å². The molecule has 1 atom stereocenters. The number of hydrogen-bond donors (Lipinski definition) is 2. The summed E-state index contributed by atoms with van der Waals surface area (Å²) in [5.74, 6) is -0.439. The average Bonchev–Trinajstić information content (AvgIpc) is 3.05. The first kappa shape index (κ1) is 16.8. The van der Waals surface area contributed by atoms with Gasteiger partial charge in [0, 0.05) is 19.1 Å². The summed E-state index contributed by atoms with van der Waals surface area (Å²) in [6.07, 6.45) is 7.86. The third-order valence-corrected chi connectivity index (χ3v) is 5.23. The van der Waals surface area contributed by atoms with Crippen LogP contribution in [0.5, 0.6) is 0 Å². The van der Waals surface area contributed by atoms with Crippen LogP contribution in [0.25, 0.3) is 0 Å². The predicted molar refractivity (Wildman–Crippen MR) is 92.2 cm³/mol. The van der Waals surface area contributed by atoms with Gasteiger partial charge in [-0.05, 0) is 49.3 Å². The van der Waals surface area contributed by atoms with Gasteiger partial charge in [-0.15, -0.1) is 0 Å². The fourth-order valence-corrected chi connectivity index (χ4v) is 3.81. The lowest BCUT2D eigenvalue weighted by Gasteiger charge is -2.26. The van der Waals surface area contributed by atoms with Crippen LogP contribution in [0.3, 0.4) is 0 Å². The minimum absolute atomic E-state index is 0.0885. The number of carbonyl (C=O) groups excluding carboxylic acids is 1. The van der Waals surface area contributed by atoms with E-state index in [1.54, 1.807) is 12.1 Å². The predicted octanol–water partition coefficient (Wildman–Crippen LogP) is 3.29. The SMILES string of the molecule is O=C(O)c1ccc(CC2CCN(C(=O)NC3CCCCC3)C2)cc1. The Hall–Kier alpha value is -2.04. The Kier molecular flexibility index (Phi) is 5.38. The molecule has 1 aromatic rings. The van der Waals surface area contributed by atoms with Gasteiger partial charge < -0.3 is 15.3 Å². The van der Waals surface area contributed by atoms with E-state index in [2.05, 4.69) is 5.32 Å². The Morgan fingerprint density at radius 3 is 2.46 bits per heavy atom. The highest BCUT2D eigenvalue weighted by atomic mass is 16.4. The minimum Gasteiger partial charge on any atom is -0.478 e. The molecule has 2 fully saturated rings. The lowest BCUT2D eigenvalue weighted by molar-refractivity contribution is 0.0697. The van der Waals surface area contributed by atoms with Gasteiger partial charge in [-0.25, -0.2) is 9.59 Å². The molecule has 1 saturated carbocycles. The van der Waals surface area contributed by atoms with Gasteiger partial charge in [0.25, 0.3) is 0 Å². The van der Waals surface area contributed by atoms with Crippen molar-refractivity contribution in [3.8, 4) is 0 Å². The molecular formula is C19H26N2O3. The van der Waals surface area contributed by atoms with Crippen molar-refractivity contribution in [3.05, 3.63) is 35.4 Å². The second-order valence-electron chi connectivity index (χ2n) is 7.09. The molecule has 1 aliphatic carbocycles. The van der Waals surface area contributed by atoms with E-state index in [9.17, 15) is 9.59 Å². The van der Waals surface area contributed by atoms with Gasteiger partial charge in [-0.3, -0.25) is 0 Å². The number of nitrogens with zero attached hydrogens (tertiary/aromatic N) is 1. The second kappa shape index (κ2) is 7.69. The van der Waals surface area contributed by atoms with Gasteiger partial charge in [-0.1, -0.05) is 31.4 Å². The Bertz CT molecular complexity index is 579. The summed E-state index contributed by atoms with van der Waals surface area (Å²) in [5, 5.41) is 12.1. The molecule has 0 radical (unpaired) electrons. The Morgan fingerprint density at radius 2 is 1.79 bits per heavy atom. The van der Waals surface area contributed by atoms with E-state index in [4.69, 9.17) is 5.11 Å². The summed E-state index contributed by atoms with van der Waals surface area (Å²) in [6.45, 7) is 1.61. The van der Waals surface area contributed by atoms with Crippen LogP contribution in [0, 0.1) is 5.92 Å². The monoisotopic (exact) mass is 330 g/mol. The molecule has 2 amide bonds. The van der Waals surface area contributed by atoms with Gasteiger partial charge in [0.15, 0.2) is 0 Å². The topological polar surface area (TPSA) is 69.6 Å². The number of likely N-dealkylation sites (tertiary alicyclic amines) is 1. The minimum atomic E-state index is -0.895. The van der Waals surface area contributed by atoms with Crippen LogP contribution >= 0.6 is 0 Å². The largest absolute Gasteiger partial charge is 0.478 e. The van der Waals surface area contributed by atoms with Crippen LogP contribution in [0.2, 0.25) is 0 Å². The van der Waals surface area contributed by atoms with Crippen molar-refractivity contribution in [2.24, 2.45) is 5.92 Å². The number of carboxylic acid groups (broad SMARTS) is 1. The van der Waals surface area contributed by atoms with Gasteiger partial charge >= 0.3 is 12.0 Å². The van der Waals surface area contributed by atoms with Crippen molar-refractivity contribution in [1.82, 2.24) is 10.2 Å². The van der Waals surface area contributed by atoms with Crippen LogP contribution in [0.15, 0.2) is 24.3 Å². The van der Waals surface area contributed by atoms with E-state index < -0.39 is 5.97 Å². The number of nitrogens with one attached hydrogen (secondary N) is 1. The van der Waals surface area contributed by atoms with Crippen LogP contribution < -0.4 is 5.32 Å². The molecule has 2 N–H and O–H groups in total. The van der Waals surface area contributed by atoms with Gasteiger partial charge in [-0.2, -0.15) is 0 Å². The highest BCUT2D eigenvalue weighted by Crippen LogP contribution is 2.22. The molecule has 0 bridgehead atoms. The van der Waals surface area contributed by atoms with E-state index >= 15 is 0 Å². The second-order valence-corrected chi connectivity index (χ2v) is 7.09. The molecule has 0 spiro atoms. The van der Waals surface area contributed by atoms with E-state index in [1.165, 1.54) is 19.3 Å². The number of carbonyl (C=O) groups is 2. The van der Waals surface area contributed by atoms with Crippen molar-refractivity contribution in [2.75, 3.05) is 13.1 Å². The number of urea groups is 1. The van der Waals surface area contributed by atoms with Crippen LogP contribution in [-0.4, -0.2) is 41.1 Å². The van der Waals surface area contributed by atoms with Crippen molar-refractivity contribution >= 4 is 12.0 Å². The maximum absolute atomic E-state index is 12.4. The lowest BCUT2D eigenvalue weighted by atomic mass is 9.96. The van der Waals surface area contributed by atoms with Crippen molar-refractivity contribution in [2.45, 2.75) is 51.0 Å². The summed E-state index contributed by atoms with van der Waals surface area (Å²) in [7, 11) is 0. The highest BCUT2D eigenvalue weighted by Gasteiger charge is 2.27. The Morgan fingerprint density at radius 1 is 1.08 bits per heavy atom. The summed E-state index contributed by atoms with van der Waals surface area (Å²) < 4.78 is 0. The first-order valence-corrected chi connectivity index (χ1v) is 8.99. The number of amides is 2. The van der Waals surface area contributed by atoms with Crippen LogP contribution in [-0.2, 0) is 6.42 Å². The molecule has 5 heteroatoms. The van der Waals surface area contributed by atoms with Gasteiger partial charge in [0.2, 0.25) is 0 Å². The molecule has 5 nitrogen and oxygen atoms in total. The molecule has 1 aromatic carbocycles. The Labute approximate surface area is 143 Å². The highest BCUT2D eigenvalue weighted by molar-refractivity contribution is 5.87. The third kappa shape index (κ3) is 4.28. The summed E-state index contributed by atoms with van der Waals surface area (Å²) >= 11 is 0. The average molecular weight is 330 g/mol. The van der Waals surface area contributed by atoms with Crippen molar-refractivity contribution in [3.63, 3.8) is 0 Å². The van der Waals surface area contributed by atoms with Gasteiger partial charge in [0.1, 0.15) is 0 Å². The molecule has 1 heterocycles. The normalized spacial score (nSPS) is 21.7. The fourth-order valence-electron chi connectivity index (χ4n) is 3.81. The molecule has 2 aliphatic rings. The number of aromatic carboxylic acids is 1. The lowest BCUT2D eigenvalue weighted by Crippen LogP contribution is -2.44. The number of benzene rings is 1.